The quantitative estimate of drug-likeness (QED) is 0.322. The SMILES string of the molecule is O=C(NC(Cc1ccc(F)cc1)C(=O)N1CCN(CCCc2cccc(Cl)c2)C(=O)C1CC1CC1)C1Cc2ccccc2CN1. The molecule has 2 N–H and O–H groups in total. The molecule has 0 spiro atoms. The molecule has 6 rings (SSSR count). The smallest absolute Gasteiger partial charge is 0.246 e. The molecular formula is C36H40ClFN4O3. The number of nitrogens with one attached hydrogen (secondary N) is 2. The van der Waals surface area contributed by atoms with Crippen molar-refractivity contribution in [3.05, 3.63) is 106 Å². The van der Waals surface area contributed by atoms with E-state index in [4.69, 9.17) is 11.6 Å². The van der Waals surface area contributed by atoms with E-state index in [0.717, 1.165) is 47.9 Å². The van der Waals surface area contributed by atoms with Gasteiger partial charge in [0.1, 0.15) is 17.9 Å². The minimum atomic E-state index is -0.884. The number of carbonyl (C=O) groups excluding carboxylic acids is 3. The molecule has 1 aliphatic carbocycles. The minimum absolute atomic E-state index is 0.0231. The zero-order chi connectivity index (χ0) is 31.3. The van der Waals surface area contributed by atoms with Crippen molar-refractivity contribution in [1.29, 1.82) is 0 Å². The number of piperazine rings is 1. The van der Waals surface area contributed by atoms with Crippen molar-refractivity contribution in [3.63, 3.8) is 0 Å². The number of aryl methyl sites for hydroxylation is 1. The van der Waals surface area contributed by atoms with Gasteiger partial charge in [-0.15, -0.1) is 0 Å². The Morgan fingerprint density at radius 3 is 2.51 bits per heavy atom. The number of amides is 3. The highest BCUT2D eigenvalue weighted by molar-refractivity contribution is 6.30. The number of fused-ring (bicyclic) bond motifs is 1. The third-order valence-corrected chi connectivity index (χ3v) is 9.50. The van der Waals surface area contributed by atoms with Gasteiger partial charge in [-0.05, 0) is 78.1 Å². The summed E-state index contributed by atoms with van der Waals surface area (Å²) in [6, 6.07) is 19.9. The Morgan fingerprint density at radius 2 is 1.76 bits per heavy atom. The van der Waals surface area contributed by atoms with E-state index in [1.54, 1.807) is 17.0 Å². The van der Waals surface area contributed by atoms with E-state index < -0.39 is 18.1 Å². The van der Waals surface area contributed by atoms with Gasteiger partial charge < -0.3 is 20.4 Å². The highest BCUT2D eigenvalue weighted by Crippen LogP contribution is 2.36. The van der Waals surface area contributed by atoms with Gasteiger partial charge in [-0.2, -0.15) is 0 Å². The maximum absolute atomic E-state index is 14.3. The van der Waals surface area contributed by atoms with Crippen LogP contribution >= 0.6 is 11.6 Å². The molecule has 3 unspecified atom stereocenters. The van der Waals surface area contributed by atoms with Crippen LogP contribution in [0.4, 0.5) is 4.39 Å². The normalized spacial score (nSPS) is 20.4. The predicted molar refractivity (Wildman–Crippen MR) is 172 cm³/mol. The monoisotopic (exact) mass is 630 g/mol. The first-order chi connectivity index (χ1) is 21.8. The molecule has 0 aromatic heterocycles. The number of rotatable bonds is 11. The zero-order valence-corrected chi connectivity index (χ0v) is 26.1. The molecule has 3 aromatic carbocycles. The highest BCUT2D eigenvalue weighted by atomic mass is 35.5. The molecule has 3 aromatic rings. The molecule has 0 bridgehead atoms. The second kappa shape index (κ2) is 14.1. The molecule has 1 saturated carbocycles. The van der Waals surface area contributed by atoms with Gasteiger partial charge in [-0.3, -0.25) is 14.4 Å². The maximum atomic E-state index is 14.3. The lowest BCUT2D eigenvalue weighted by molar-refractivity contribution is -0.153. The van der Waals surface area contributed by atoms with Gasteiger partial charge >= 0.3 is 0 Å². The summed E-state index contributed by atoms with van der Waals surface area (Å²) in [6.45, 7) is 2.03. The average molecular weight is 631 g/mol. The third kappa shape index (κ3) is 7.92. The molecule has 0 radical (unpaired) electrons. The van der Waals surface area contributed by atoms with E-state index in [2.05, 4.69) is 10.6 Å². The van der Waals surface area contributed by atoms with Gasteiger partial charge in [0.2, 0.25) is 17.7 Å². The van der Waals surface area contributed by atoms with Gasteiger partial charge in [0.15, 0.2) is 0 Å². The Morgan fingerprint density at radius 1 is 0.978 bits per heavy atom. The molecule has 1 saturated heterocycles. The topological polar surface area (TPSA) is 81.8 Å². The number of hydrogen-bond acceptors (Lipinski definition) is 4. The summed E-state index contributed by atoms with van der Waals surface area (Å²) in [5, 5.41) is 7.03. The molecule has 236 valence electrons. The number of carbonyl (C=O) groups is 3. The van der Waals surface area contributed by atoms with Crippen LogP contribution in [0.15, 0.2) is 72.8 Å². The van der Waals surface area contributed by atoms with Crippen molar-refractivity contribution in [3.8, 4) is 0 Å². The van der Waals surface area contributed by atoms with Crippen LogP contribution in [0.5, 0.6) is 0 Å². The summed E-state index contributed by atoms with van der Waals surface area (Å²) in [5.74, 6) is -0.476. The molecule has 3 amide bonds. The van der Waals surface area contributed by atoms with Gasteiger partial charge in [0.05, 0.1) is 6.04 Å². The molecule has 7 nitrogen and oxygen atoms in total. The Labute approximate surface area is 269 Å². The van der Waals surface area contributed by atoms with Crippen LogP contribution in [0, 0.1) is 11.7 Å². The molecule has 9 heteroatoms. The Bertz CT molecular complexity index is 1530. The molecule has 3 atom stereocenters. The van der Waals surface area contributed by atoms with Crippen molar-refractivity contribution in [1.82, 2.24) is 20.4 Å². The van der Waals surface area contributed by atoms with E-state index in [1.165, 1.54) is 12.1 Å². The number of benzene rings is 3. The lowest BCUT2D eigenvalue weighted by Gasteiger charge is -2.42. The predicted octanol–water partition coefficient (Wildman–Crippen LogP) is 4.69. The first-order valence-electron chi connectivity index (χ1n) is 16.0. The summed E-state index contributed by atoms with van der Waals surface area (Å²) >= 11 is 6.15. The summed E-state index contributed by atoms with van der Waals surface area (Å²) in [6.07, 6.45) is 5.10. The average Bonchev–Trinajstić information content (AvgIpc) is 3.87. The van der Waals surface area contributed by atoms with Crippen LogP contribution in [-0.4, -0.2) is 65.3 Å². The van der Waals surface area contributed by atoms with Crippen LogP contribution in [-0.2, 0) is 40.2 Å². The van der Waals surface area contributed by atoms with E-state index in [-0.39, 0.29) is 30.0 Å². The fourth-order valence-corrected chi connectivity index (χ4v) is 6.77. The van der Waals surface area contributed by atoms with Crippen LogP contribution in [0.25, 0.3) is 0 Å². The van der Waals surface area contributed by atoms with Gasteiger partial charge in [-0.25, -0.2) is 4.39 Å². The molecular weight excluding hydrogens is 591 g/mol. The molecule has 3 aliphatic rings. The number of halogens is 2. The van der Waals surface area contributed by atoms with Crippen molar-refractivity contribution >= 4 is 29.3 Å². The lowest BCUT2D eigenvalue weighted by Crippen LogP contribution is -2.63. The fraction of sp³-hybridized carbons (Fsp3) is 0.417. The number of hydrogen-bond donors (Lipinski definition) is 2. The maximum Gasteiger partial charge on any atom is 0.246 e. The van der Waals surface area contributed by atoms with E-state index in [9.17, 15) is 18.8 Å². The largest absolute Gasteiger partial charge is 0.343 e. The molecule has 2 aliphatic heterocycles. The summed E-state index contributed by atoms with van der Waals surface area (Å²) in [5.41, 5.74) is 4.14. The Hall–Kier alpha value is -3.75. The van der Waals surface area contributed by atoms with E-state index in [1.807, 2.05) is 53.4 Å². The van der Waals surface area contributed by atoms with Crippen LogP contribution in [0.1, 0.15) is 47.9 Å². The van der Waals surface area contributed by atoms with Gasteiger partial charge in [-0.1, -0.05) is 73.0 Å². The van der Waals surface area contributed by atoms with E-state index >= 15 is 0 Å². The van der Waals surface area contributed by atoms with Crippen LogP contribution in [0.3, 0.4) is 0 Å². The third-order valence-electron chi connectivity index (χ3n) is 9.27. The summed E-state index contributed by atoms with van der Waals surface area (Å²) in [7, 11) is 0. The van der Waals surface area contributed by atoms with E-state index in [0.29, 0.717) is 50.0 Å². The lowest BCUT2D eigenvalue weighted by atomic mass is 9.95. The summed E-state index contributed by atoms with van der Waals surface area (Å²) < 4.78 is 13.7. The van der Waals surface area contributed by atoms with Gasteiger partial charge in [0, 0.05) is 37.6 Å². The van der Waals surface area contributed by atoms with Crippen molar-refractivity contribution < 1.29 is 18.8 Å². The molecule has 2 fully saturated rings. The second-order valence-corrected chi connectivity index (χ2v) is 13.0. The second-order valence-electron chi connectivity index (χ2n) is 12.6. The molecule has 2 heterocycles. The first-order valence-corrected chi connectivity index (χ1v) is 16.4. The zero-order valence-electron chi connectivity index (χ0n) is 25.4. The highest BCUT2D eigenvalue weighted by Gasteiger charge is 2.42. The van der Waals surface area contributed by atoms with Crippen molar-refractivity contribution in [2.24, 2.45) is 5.92 Å². The first kappa shape index (κ1) is 31.2. The Kier molecular flexibility index (Phi) is 9.81. The summed E-state index contributed by atoms with van der Waals surface area (Å²) in [4.78, 5) is 45.4. The van der Waals surface area contributed by atoms with Crippen LogP contribution < -0.4 is 10.6 Å². The number of nitrogens with zero attached hydrogens (tertiary/aromatic N) is 2. The molecule has 45 heavy (non-hydrogen) atoms. The standard InChI is InChI=1S/C36H40ClFN4O3/c37-29-9-3-5-24(19-29)6-4-16-41-17-18-42(33(36(41)45)21-26-10-11-26)35(44)32(20-25-12-14-30(38)15-13-25)40-34(43)31-22-27-7-1-2-8-28(27)23-39-31/h1-3,5,7-9,12-15,19,26,31-33,39H,4,6,10-11,16-18,20-23H2,(H,40,43). The van der Waals surface area contributed by atoms with Gasteiger partial charge in [0.25, 0.3) is 0 Å². The van der Waals surface area contributed by atoms with Crippen molar-refractivity contribution in [2.45, 2.75) is 69.6 Å². The Balaban J connectivity index is 1.16. The minimum Gasteiger partial charge on any atom is -0.343 e. The van der Waals surface area contributed by atoms with Crippen LogP contribution in [0.2, 0.25) is 5.02 Å². The fourth-order valence-electron chi connectivity index (χ4n) is 6.56. The van der Waals surface area contributed by atoms with Crippen molar-refractivity contribution in [2.75, 3.05) is 19.6 Å².